The van der Waals surface area contributed by atoms with Crippen LogP contribution < -0.4 is 21.2 Å². The molecular weight excluding hydrogens is 781 g/mol. The molecule has 8 aromatic carbocycles. The van der Waals surface area contributed by atoms with Crippen LogP contribution in [0.2, 0.25) is 0 Å². The van der Waals surface area contributed by atoms with Gasteiger partial charge in [0, 0.05) is 50.5 Å². The number of aromatic nitrogens is 1. The molecule has 0 N–H and O–H groups in total. The number of nitrogens with zero attached hydrogens (tertiary/aromatic N) is 1. The maximum absolute atomic E-state index is 14.8. The Hall–Kier alpha value is -6.76. The molecule has 1 heterocycles. The van der Waals surface area contributed by atoms with Gasteiger partial charge in [-0.25, -0.2) is 0 Å². The van der Waals surface area contributed by atoms with Gasteiger partial charge < -0.3 is 13.7 Å². The van der Waals surface area contributed by atoms with Gasteiger partial charge in [-0.2, -0.15) is 0 Å². The Labute approximate surface area is 358 Å². The normalized spacial score (nSPS) is 12.3. The maximum atomic E-state index is 14.8. The minimum absolute atomic E-state index is 0.403. The fourth-order valence-corrected chi connectivity index (χ4v) is 13.0. The van der Waals surface area contributed by atoms with Crippen molar-refractivity contribution in [2.45, 2.75) is 0 Å². The van der Waals surface area contributed by atoms with Crippen molar-refractivity contribution in [3.05, 3.63) is 241 Å². The Balaban J connectivity index is 1.05. The summed E-state index contributed by atoms with van der Waals surface area (Å²) >= 11 is 0. The number of rotatable bonds is 13. The predicted molar refractivity (Wildman–Crippen MR) is 264 cm³/mol. The third kappa shape index (κ3) is 8.50. The summed E-state index contributed by atoms with van der Waals surface area (Å²) in [5, 5.41) is 5.87. The molecule has 0 amide bonds. The minimum Gasteiger partial charge on any atom is -0.316 e. The van der Waals surface area contributed by atoms with E-state index in [1.807, 2.05) is 127 Å². The Morgan fingerprint density at radius 2 is 0.738 bits per heavy atom. The number of fused-ring (bicyclic) bond motifs is 3. The summed E-state index contributed by atoms with van der Waals surface area (Å²) in [6.07, 6.45) is 13.5. The van der Waals surface area contributed by atoms with E-state index in [4.69, 9.17) is 0 Å². The molecule has 5 heteroatoms. The lowest BCUT2D eigenvalue weighted by atomic mass is 9.98. The van der Waals surface area contributed by atoms with Gasteiger partial charge in [-0.05, 0) is 64.2 Å². The minimum atomic E-state index is -2.92. The van der Waals surface area contributed by atoms with Crippen molar-refractivity contribution >= 4 is 81.7 Å². The summed E-state index contributed by atoms with van der Waals surface area (Å²) in [7, 11) is -5.78. The summed E-state index contributed by atoms with van der Waals surface area (Å²) in [4.78, 5) is 0. The topological polar surface area (TPSA) is 39.1 Å². The van der Waals surface area contributed by atoms with Gasteiger partial charge in [0.25, 0.3) is 0 Å². The van der Waals surface area contributed by atoms with E-state index >= 15 is 0 Å². The van der Waals surface area contributed by atoms with Crippen LogP contribution in [0.5, 0.6) is 0 Å². The highest BCUT2D eigenvalue weighted by atomic mass is 31.2. The molecule has 61 heavy (non-hydrogen) atoms. The van der Waals surface area contributed by atoms with Crippen molar-refractivity contribution in [2.24, 2.45) is 0 Å². The van der Waals surface area contributed by atoms with Crippen LogP contribution in [-0.2, 0) is 9.13 Å². The van der Waals surface area contributed by atoms with Crippen molar-refractivity contribution in [3.8, 4) is 11.1 Å². The summed E-state index contributed by atoms with van der Waals surface area (Å²) in [6, 6.07) is 71.5. The van der Waals surface area contributed by atoms with Gasteiger partial charge in [0.15, 0.2) is 0 Å². The number of hydrogen-bond acceptors (Lipinski definition) is 2. The molecule has 0 saturated heterocycles. The Kier molecular flexibility index (Phi) is 11.6. The van der Waals surface area contributed by atoms with Gasteiger partial charge in [-0.1, -0.05) is 206 Å². The lowest BCUT2D eigenvalue weighted by Gasteiger charge is -2.17. The molecular formula is C56H45NO2P2. The molecule has 3 nitrogen and oxygen atoms in total. The van der Waals surface area contributed by atoms with Crippen LogP contribution in [0.25, 0.3) is 57.4 Å². The molecule has 0 atom stereocenters. The second-order valence-corrected chi connectivity index (χ2v) is 21.0. The van der Waals surface area contributed by atoms with E-state index in [2.05, 4.69) is 126 Å². The highest BCUT2D eigenvalue weighted by Gasteiger charge is 2.26. The first-order valence-corrected chi connectivity index (χ1v) is 24.4. The Morgan fingerprint density at radius 1 is 0.361 bits per heavy atom. The first kappa shape index (κ1) is 39.7. The van der Waals surface area contributed by atoms with Crippen LogP contribution in [0.3, 0.4) is 0 Å². The molecule has 0 radical (unpaired) electrons. The van der Waals surface area contributed by atoms with Gasteiger partial charge in [0.1, 0.15) is 14.3 Å². The molecule has 0 unspecified atom stereocenters. The van der Waals surface area contributed by atoms with Crippen LogP contribution >= 0.6 is 14.3 Å². The van der Waals surface area contributed by atoms with E-state index in [1.54, 1.807) is 0 Å². The lowest BCUT2D eigenvalue weighted by molar-refractivity contribution is 0.588. The highest BCUT2D eigenvalue weighted by Crippen LogP contribution is 2.44. The van der Waals surface area contributed by atoms with E-state index in [0.29, 0.717) is 12.3 Å². The van der Waals surface area contributed by atoms with Crippen molar-refractivity contribution < 1.29 is 9.13 Å². The highest BCUT2D eigenvalue weighted by molar-refractivity contribution is 7.79. The quantitative estimate of drug-likeness (QED) is 0.109. The zero-order valence-electron chi connectivity index (χ0n) is 33.7. The van der Waals surface area contributed by atoms with E-state index in [9.17, 15) is 9.13 Å². The molecule has 0 aliphatic rings. The lowest BCUT2D eigenvalue weighted by Crippen LogP contribution is -2.17. The molecule has 0 fully saturated rings. The molecule has 9 rings (SSSR count). The van der Waals surface area contributed by atoms with Gasteiger partial charge in [-0.15, -0.1) is 0 Å². The molecule has 296 valence electrons. The van der Waals surface area contributed by atoms with Crippen molar-refractivity contribution in [2.75, 3.05) is 12.3 Å². The smallest absolute Gasteiger partial charge is 0.146 e. The number of allylic oxidation sites excluding steroid dienone is 2. The molecule has 0 bridgehead atoms. The molecule has 0 aliphatic carbocycles. The Morgan fingerprint density at radius 3 is 1.18 bits per heavy atom. The summed E-state index contributed by atoms with van der Waals surface area (Å²) in [5.74, 6) is 0. The van der Waals surface area contributed by atoms with E-state index in [0.717, 1.165) is 60.1 Å². The average Bonchev–Trinajstić information content (AvgIpc) is 3.65. The molecule has 0 saturated carbocycles. The van der Waals surface area contributed by atoms with Gasteiger partial charge in [0.2, 0.25) is 0 Å². The van der Waals surface area contributed by atoms with Crippen LogP contribution in [0, 0.1) is 0 Å². The van der Waals surface area contributed by atoms with Crippen molar-refractivity contribution in [3.63, 3.8) is 0 Å². The zero-order valence-corrected chi connectivity index (χ0v) is 35.5. The summed E-state index contributed by atoms with van der Waals surface area (Å²) in [5.41, 5.74) is 7.58. The number of para-hydroxylation sites is 2. The molecule has 0 spiro atoms. The predicted octanol–water partition coefficient (Wildman–Crippen LogP) is 13.1. The molecule has 9 aromatic rings. The first-order valence-electron chi connectivity index (χ1n) is 20.6. The van der Waals surface area contributed by atoms with Crippen LogP contribution in [0.15, 0.2) is 224 Å². The molecule has 1 aromatic heterocycles. The van der Waals surface area contributed by atoms with Gasteiger partial charge >= 0.3 is 0 Å². The van der Waals surface area contributed by atoms with Crippen LogP contribution in [0.4, 0.5) is 0 Å². The average molecular weight is 826 g/mol. The number of hydrogen-bond donors (Lipinski definition) is 0. The van der Waals surface area contributed by atoms with Crippen LogP contribution in [0.1, 0.15) is 16.7 Å². The maximum Gasteiger partial charge on any atom is 0.146 e. The summed E-state index contributed by atoms with van der Waals surface area (Å²) in [6.45, 7) is 0. The first-order chi connectivity index (χ1) is 30.0. The van der Waals surface area contributed by atoms with Crippen molar-refractivity contribution in [1.82, 2.24) is 4.57 Å². The third-order valence-electron chi connectivity index (χ3n) is 11.3. The number of benzene rings is 8. The second kappa shape index (κ2) is 17.8. The SMILES string of the molecule is O=P(CC=Cc1ccc(-c2cc(C=CCP(=O)(c3ccccc3)c3ccccc3)cc(C=Cn3c4ccccc4c4ccccc43)c2)cc1)(c1ccccc1)c1ccccc1. The van der Waals surface area contributed by atoms with Crippen LogP contribution in [-0.4, -0.2) is 16.9 Å². The van der Waals surface area contributed by atoms with Crippen molar-refractivity contribution in [1.29, 1.82) is 0 Å². The fourth-order valence-electron chi connectivity index (χ4n) is 8.17. The van der Waals surface area contributed by atoms with E-state index < -0.39 is 14.3 Å². The third-order valence-corrected chi connectivity index (χ3v) is 17.3. The largest absolute Gasteiger partial charge is 0.316 e. The van der Waals surface area contributed by atoms with Gasteiger partial charge in [0.05, 0.1) is 11.0 Å². The monoisotopic (exact) mass is 825 g/mol. The summed E-state index contributed by atoms with van der Waals surface area (Å²) < 4.78 is 31.7. The van der Waals surface area contributed by atoms with E-state index in [1.165, 1.54) is 10.8 Å². The zero-order chi connectivity index (χ0) is 41.5. The Bertz CT molecular complexity index is 2970. The van der Waals surface area contributed by atoms with E-state index in [-0.39, 0.29) is 0 Å². The fraction of sp³-hybridized carbons (Fsp3) is 0.0357. The molecule has 0 aliphatic heterocycles. The van der Waals surface area contributed by atoms with Gasteiger partial charge in [-0.3, -0.25) is 0 Å². The second-order valence-electron chi connectivity index (χ2n) is 15.2. The standard InChI is InChI=1S/C56H45NO2P2/c58-60(49-21-5-1-6-22-49,50-23-7-2-8-24-50)39-17-19-44-33-35-47(36-34-44)48-42-45(20-18-40-61(59,51-25-9-3-10-26-51)52-27-11-4-12-28-52)41-46(43-48)37-38-57-55-31-15-13-29-53(55)54-30-14-16-32-56(54)57/h1-38,41-43H,39-40H2.